The van der Waals surface area contributed by atoms with Crippen molar-refractivity contribution in [1.29, 1.82) is 0 Å². The fourth-order valence-corrected chi connectivity index (χ4v) is 3.97. The molecule has 1 N–H and O–H groups in total. The second-order valence-electron chi connectivity index (χ2n) is 7.87. The smallest absolute Gasteiger partial charge is 0.413 e. The maximum Gasteiger partial charge on any atom is 0.413 e. The zero-order valence-corrected chi connectivity index (χ0v) is 17.3. The van der Waals surface area contributed by atoms with E-state index in [4.69, 9.17) is 9.47 Å². The molecule has 2 bridgehead atoms. The van der Waals surface area contributed by atoms with Crippen LogP contribution >= 0.6 is 0 Å². The summed E-state index contributed by atoms with van der Waals surface area (Å²) in [4.78, 5) is 33.0. The van der Waals surface area contributed by atoms with Crippen molar-refractivity contribution in [3.63, 3.8) is 0 Å². The molecule has 160 valence electrons. The molecule has 2 amide bonds. The van der Waals surface area contributed by atoms with Crippen LogP contribution < -0.4 is 4.90 Å². The lowest BCUT2D eigenvalue weighted by Crippen LogP contribution is -2.59. The Morgan fingerprint density at radius 3 is 2.48 bits per heavy atom. The van der Waals surface area contributed by atoms with E-state index in [0.717, 1.165) is 4.90 Å². The zero-order valence-electron chi connectivity index (χ0n) is 17.3. The Labute approximate surface area is 169 Å². The van der Waals surface area contributed by atoms with Crippen molar-refractivity contribution < 1.29 is 28.6 Å². The fraction of sp³-hybridized carbons (Fsp3) is 0.632. The maximum atomic E-state index is 15.3. The molecular weight excluding hydrogens is 383 g/mol. The van der Waals surface area contributed by atoms with Crippen LogP contribution in [0.1, 0.15) is 36.0 Å². The highest BCUT2D eigenvalue weighted by Gasteiger charge is 2.57. The Hall–Kier alpha value is -2.30. The van der Waals surface area contributed by atoms with Gasteiger partial charge in [0.1, 0.15) is 17.2 Å². The number of ether oxygens (including phenoxy) is 2. The Balaban J connectivity index is 2.05. The molecule has 10 heteroatoms. The second kappa shape index (κ2) is 7.85. The van der Waals surface area contributed by atoms with Crippen LogP contribution in [0.3, 0.4) is 0 Å². The fourth-order valence-electron chi connectivity index (χ4n) is 3.97. The van der Waals surface area contributed by atoms with E-state index >= 15 is 4.39 Å². The number of aromatic nitrogens is 1. The van der Waals surface area contributed by atoms with Gasteiger partial charge in [-0.05, 0) is 25.7 Å². The van der Waals surface area contributed by atoms with Gasteiger partial charge in [-0.1, -0.05) is 0 Å². The predicted molar refractivity (Wildman–Crippen MR) is 102 cm³/mol. The molecule has 1 saturated carbocycles. The summed E-state index contributed by atoms with van der Waals surface area (Å²) in [5.41, 5.74) is -0.483. The number of halogens is 1. The molecule has 0 spiro atoms. The molecular formula is C19H27FN4O5. The minimum atomic E-state index is -1.60. The van der Waals surface area contributed by atoms with Gasteiger partial charge in [0, 0.05) is 52.3 Å². The number of carbonyl (C=O) groups is 2. The quantitative estimate of drug-likeness (QED) is 0.684. The average molecular weight is 410 g/mol. The molecule has 0 aromatic carbocycles. The molecule has 1 aliphatic carbocycles. The van der Waals surface area contributed by atoms with Crippen LogP contribution in [0.4, 0.5) is 15.0 Å². The van der Waals surface area contributed by atoms with Gasteiger partial charge in [-0.25, -0.2) is 14.2 Å². The van der Waals surface area contributed by atoms with E-state index in [2.05, 4.69) is 4.98 Å². The SMILES string of the molecule is COC(OC)c1nc2c(cc1CN(C)C(=O)CN(C)C)C1(F)CC(C1)N2C(=O)O. The lowest BCUT2D eigenvalue weighted by molar-refractivity contribution is -0.131. The topological polar surface area (TPSA) is 95.4 Å². The summed E-state index contributed by atoms with van der Waals surface area (Å²) in [7, 11) is 8.11. The Morgan fingerprint density at radius 1 is 1.34 bits per heavy atom. The monoisotopic (exact) mass is 410 g/mol. The summed E-state index contributed by atoms with van der Waals surface area (Å²) in [6.07, 6.45) is -1.83. The third-order valence-electron chi connectivity index (χ3n) is 5.45. The number of likely N-dealkylation sites (N-methyl/N-ethyl adjacent to an activating group) is 2. The molecule has 1 aromatic rings. The normalized spacial score (nSPS) is 22.5. The molecule has 1 fully saturated rings. The van der Waals surface area contributed by atoms with Gasteiger partial charge in [0.25, 0.3) is 0 Å². The second-order valence-corrected chi connectivity index (χ2v) is 7.87. The summed E-state index contributed by atoms with van der Waals surface area (Å²) >= 11 is 0. The number of carboxylic acid groups (broad SMARTS) is 1. The van der Waals surface area contributed by atoms with Gasteiger partial charge in [-0.15, -0.1) is 0 Å². The average Bonchev–Trinajstić information content (AvgIpc) is 2.61. The number of methoxy groups -OCH3 is 2. The molecule has 0 radical (unpaired) electrons. The van der Waals surface area contributed by atoms with Crippen molar-refractivity contribution in [3.8, 4) is 0 Å². The highest BCUT2D eigenvalue weighted by atomic mass is 19.1. The largest absolute Gasteiger partial charge is 0.465 e. The van der Waals surface area contributed by atoms with Crippen LogP contribution in [0.2, 0.25) is 0 Å². The van der Waals surface area contributed by atoms with Gasteiger partial charge < -0.3 is 24.4 Å². The third-order valence-corrected chi connectivity index (χ3v) is 5.45. The van der Waals surface area contributed by atoms with Crippen LogP contribution in [-0.4, -0.2) is 79.8 Å². The molecule has 3 aliphatic rings. The first kappa shape index (κ1) is 21.4. The van der Waals surface area contributed by atoms with Crippen molar-refractivity contribution in [3.05, 3.63) is 22.9 Å². The number of anilines is 1. The molecule has 0 saturated heterocycles. The molecule has 4 rings (SSSR count). The maximum absolute atomic E-state index is 15.3. The minimum absolute atomic E-state index is 0.0719. The van der Waals surface area contributed by atoms with E-state index in [1.54, 1.807) is 32.1 Å². The van der Waals surface area contributed by atoms with E-state index in [0.29, 0.717) is 11.3 Å². The van der Waals surface area contributed by atoms with E-state index in [-0.39, 0.29) is 43.2 Å². The van der Waals surface area contributed by atoms with Gasteiger partial charge >= 0.3 is 6.09 Å². The number of nitrogens with zero attached hydrogens (tertiary/aromatic N) is 4. The highest BCUT2D eigenvalue weighted by Crippen LogP contribution is 2.56. The number of alkyl halides is 1. The zero-order chi connectivity index (χ0) is 21.5. The first-order chi connectivity index (χ1) is 13.6. The lowest BCUT2D eigenvalue weighted by Gasteiger charge is -2.51. The standard InChI is InChI=1S/C19H27FN4O5/c1-22(2)10-14(25)23(3)9-11-6-13-16(21-15(11)17(28-4)29-5)24(18(26)27)12-7-19(13,20)8-12/h6,12,17H,7-10H2,1-5H3,(H,26,27). The molecule has 2 aliphatic heterocycles. The first-order valence-corrected chi connectivity index (χ1v) is 9.31. The molecule has 9 nitrogen and oxygen atoms in total. The van der Waals surface area contributed by atoms with Crippen molar-refractivity contribution in [2.24, 2.45) is 0 Å². The van der Waals surface area contributed by atoms with Crippen LogP contribution in [0, 0.1) is 0 Å². The third kappa shape index (κ3) is 3.79. The Kier molecular flexibility index (Phi) is 5.79. The summed E-state index contributed by atoms with van der Waals surface area (Å²) in [5, 5.41) is 9.62. The first-order valence-electron chi connectivity index (χ1n) is 9.31. The van der Waals surface area contributed by atoms with Crippen molar-refractivity contribution >= 4 is 17.8 Å². The number of rotatable bonds is 7. The van der Waals surface area contributed by atoms with Crippen molar-refractivity contribution in [1.82, 2.24) is 14.8 Å². The van der Waals surface area contributed by atoms with Crippen LogP contribution in [0.5, 0.6) is 0 Å². The lowest BCUT2D eigenvalue weighted by atomic mass is 9.68. The summed E-state index contributed by atoms with van der Waals surface area (Å²) in [6.45, 7) is 0.391. The van der Waals surface area contributed by atoms with Gasteiger partial charge in [0.05, 0.1) is 6.54 Å². The summed E-state index contributed by atoms with van der Waals surface area (Å²) in [6, 6.07) is 1.18. The van der Waals surface area contributed by atoms with Gasteiger partial charge in [-0.3, -0.25) is 9.69 Å². The molecule has 3 heterocycles. The van der Waals surface area contributed by atoms with Gasteiger partial charge in [-0.2, -0.15) is 0 Å². The van der Waals surface area contributed by atoms with E-state index < -0.39 is 24.1 Å². The number of carbonyl (C=O) groups excluding carboxylic acids is 1. The van der Waals surface area contributed by atoms with Gasteiger partial charge in [0.2, 0.25) is 12.2 Å². The number of amides is 2. The highest BCUT2D eigenvalue weighted by molar-refractivity contribution is 5.89. The Morgan fingerprint density at radius 2 is 1.97 bits per heavy atom. The number of pyridine rings is 1. The molecule has 0 unspecified atom stereocenters. The van der Waals surface area contributed by atoms with E-state index in [9.17, 15) is 14.7 Å². The van der Waals surface area contributed by atoms with Crippen LogP contribution in [0.25, 0.3) is 0 Å². The number of hydrogen-bond donors (Lipinski definition) is 1. The summed E-state index contributed by atoms with van der Waals surface area (Å²) < 4.78 is 26.0. The van der Waals surface area contributed by atoms with E-state index in [1.807, 2.05) is 0 Å². The molecule has 29 heavy (non-hydrogen) atoms. The van der Waals surface area contributed by atoms with Crippen LogP contribution in [-0.2, 0) is 26.5 Å². The predicted octanol–water partition coefficient (Wildman–Crippen LogP) is 1.72. The van der Waals surface area contributed by atoms with Gasteiger partial charge in [0.15, 0.2) is 0 Å². The van der Waals surface area contributed by atoms with Crippen molar-refractivity contribution in [2.75, 3.05) is 46.8 Å². The summed E-state index contributed by atoms with van der Waals surface area (Å²) in [5.74, 6) is -0.0430. The molecule has 0 atom stereocenters. The number of hydrogen-bond acceptors (Lipinski definition) is 6. The van der Waals surface area contributed by atoms with Crippen LogP contribution in [0.15, 0.2) is 6.07 Å². The minimum Gasteiger partial charge on any atom is -0.465 e. The molecule has 1 aromatic heterocycles. The van der Waals surface area contributed by atoms with Crippen molar-refractivity contribution in [2.45, 2.75) is 37.4 Å². The Bertz CT molecular complexity index is 808. The van der Waals surface area contributed by atoms with E-state index in [1.165, 1.54) is 19.1 Å².